The first-order valence-electron chi connectivity index (χ1n) is 6.38. The fourth-order valence-electron chi connectivity index (χ4n) is 1.69. The standard InChI is InChI=1S/C14H20N2O4/c1-4-7-16(9-13(19)15(2)3)14(20)11-8-10(17)5-6-12(11)18/h5-6,8,17-18H,4,7,9H2,1-3H3. The lowest BCUT2D eigenvalue weighted by molar-refractivity contribution is -0.129. The van der Waals surface area contributed by atoms with Crippen LogP contribution in [0.15, 0.2) is 18.2 Å². The van der Waals surface area contributed by atoms with Gasteiger partial charge in [-0.25, -0.2) is 0 Å². The summed E-state index contributed by atoms with van der Waals surface area (Å²) in [4.78, 5) is 26.8. The van der Waals surface area contributed by atoms with Crippen molar-refractivity contribution >= 4 is 11.8 Å². The second-order valence-corrected chi connectivity index (χ2v) is 4.72. The lowest BCUT2D eigenvalue weighted by atomic mass is 10.1. The number of hydrogen-bond donors (Lipinski definition) is 2. The molecule has 0 aliphatic carbocycles. The van der Waals surface area contributed by atoms with Gasteiger partial charge in [-0.1, -0.05) is 6.92 Å². The van der Waals surface area contributed by atoms with Crippen molar-refractivity contribution in [2.75, 3.05) is 27.2 Å². The van der Waals surface area contributed by atoms with Gasteiger partial charge in [0.2, 0.25) is 5.91 Å². The van der Waals surface area contributed by atoms with E-state index in [4.69, 9.17) is 0 Å². The molecule has 20 heavy (non-hydrogen) atoms. The molecule has 0 heterocycles. The fourth-order valence-corrected chi connectivity index (χ4v) is 1.69. The van der Waals surface area contributed by atoms with Gasteiger partial charge in [-0.05, 0) is 24.6 Å². The van der Waals surface area contributed by atoms with Crippen LogP contribution < -0.4 is 0 Å². The summed E-state index contributed by atoms with van der Waals surface area (Å²) in [5.41, 5.74) is -0.00925. The normalized spacial score (nSPS) is 10.2. The van der Waals surface area contributed by atoms with Crippen LogP contribution in [0.2, 0.25) is 0 Å². The van der Waals surface area contributed by atoms with Gasteiger partial charge in [-0.2, -0.15) is 0 Å². The van der Waals surface area contributed by atoms with Gasteiger partial charge in [0.1, 0.15) is 18.0 Å². The van der Waals surface area contributed by atoms with Crippen LogP contribution in [0.4, 0.5) is 0 Å². The molecular weight excluding hydrogens is 260 g/mol. The third-order valence-corrected chi connectivity index (χ3v) is 2.82. The molecule has 1 rings (SSSR count). The summed E-state index contributed by atoms with van der Waals surface area (Å²) >= 11 is 0. The number of rotatable bonds is 5. The average molecular weight is 280 g/mol. The number of carbonyl (C=O) groups is 2. The van der Waals surface area contributed by atoms with Crippen molar-refractivity contribution in [3.8, 4) is 11.5 Å². The molecule has 1 aromatic rings. The van der Waals surface area contributed by atoms with E-state index in [2.05, 4.69) is 0 Å². The third kappa shape index (κ3) is 3.88. The molecule has 0 aliphatic rings. The Labute approximate surface area is 118 Å². The number of phenolic OH excluding ortho intramolecular Hbond substituents is 2. The summed E-state index contributed by atoms with van der Waals surface area (Å²) in [6, 6.07) is 3.74. The lowest BCUT2D eigenvalue weighted by Gasteiger charge is -2.23. The van der Waals surface area contributed by atoms with E-state index in [1.54, 1.807) is 14.1 Å². The van der Waals surface area contributed by atoms with E-state index in [1.165, 1.54) is 28.0 Å². The molecule has 1 aromatic carbocycles. The van der Waals surface area contributed by atoms with E-state index < -0.39 is 5.91 Å². The van der Waals surface area contributed by atoms with E-state index >= 15 is 0 Å². The summed E-state index contributed by atoms with van der Waals surface area (Å²) in [6.45, 7) is 2.23. The molecule has 6 nitrogen and oxygen atoms in total. The molecule has 2 N–H and O–H groups in total. The minimum Gasteiger partial charge on any atom is -0.508 e. The number of benzene rings is 1. The quantitative estimate of drug-likeness (QED) is 0.790. The average Bonchev–Trinajstić information content (AvgIpc) is 2.40. The van der Waals surface area contributed by atoms with E-state index in [0.29, 0.717) is 13.0 Å². The lowest BCUT2D eigenvalue weighted by Crippen LogP contribution is -2.40. The molecule has 2 amide bonds. The van der Waals surface area contributed by atoms with Crippen molar-refractivity contribution in [3.05, 3.63) is 23.8 Å². The molecule has 0 unspecified atom stereocenters. The monoisotopic (exact) mass is 280 g/mol. The van der Waals surface area contributed by atoms with Gasteiger partial charge in [-0.15, -0.1) is 0 Å². The molecule has 0 aromatic heterocycles. The predicted molar refractivity (Wildman–Crippen MR) is 74.7 cm³/mol. The van der Waals surface area contributed by atoms with Crippen LogP contribution in [0.1, 0.15) is 23.7 Å². The maximum Gasteiger partial charge on any atom is 0.258 e. The maximum absolute atomic E-state index is 12.4. The minimum atomic E-state index is -0.476. The van der Waals surface area contributed by atoms with Gasteiger partial charge in [-0.3, -0.25) is 9.59 Å². The van der Waals surface area contributed by atoms with E-state index in [0.717, 1.165) is 0 Å². The van der Waals surface area contributed by atoms with Crippen molar-refractivity contribution in [2.45, 2.75) is 13.3 Å². The van der Waals surface area contributed by atoms with Crippen LogP contribution in [0.3, 0.4) is 0 Å². The summed E-state index contributed by atoms with van der Waals surface area (Å²) in [5, 5.41) is 19.1. The first-order valence-corrected chi connectivity index (χ1v) is 6.38. The Hall–Kier alpha value is -2.24. The van der Waals surface area contributed by atoms with E-state index in [1.807, 2.05) is 6.92 Å². The van der Waals surface area contributed by atoms with Crippen LogP contribution in [0, 0.1) is 0 Å². The molecule has 0 aliphatic heterocycles. The summed E-state index contributed by atoms with van der Waals surface area (Å²) in [6.07, 6.45) is 0.687. The van der Waals surface area contributed by atoms with E-state index in [9.17, 15) is 19.8 Å². The van der Waals surface area contributed by atoms with E-state index in [-0.39, 0.29) is 29.5 Å². The van der Waals surface area contributed by atoms with Crippen molar-refractivity contribution in [1.29, 1.82) is 0 Å². The Bertz CT molecular complexity index is 500. The number of nitrogens with zero attached hydrogens (tertiary/aromatic N) is 2. The highest BCUT2D eigenvalue weighted by Gasteiger charge is 2.21. The second-order valence-electron chi connectivity index (χ2n) is 4.72. The van der Waals surface area contributed by atoms with Crippen LogP contribution in [0.5, 0.6) is 11.5 Å². The van der Waals surface area contributed by atoms with Gasteiger partial charge >= 0.3 is 0 Å². The van der Waals surface area contributed by atoms with Crippen LogP contribution in [-0.2, 0) is 4.79 Å². The Balaban J connectivity index is 2.99. The van der Waals surface area contributed by atoms with Crippen molar-refractivity contribution in [3.63, 3.8) is 0 Å². The summed E-state index contributed by atoms with van der Waals surface area (Å²) < 4.78 is 0. The Morgan fingerprint density at radius 2 is 1.85 bits per heavy atom. The highest BCUT2D eigenvalue weighted by molar-refractivity contribution is 5.99. The fraction of sp³-hybridized carbons (Fsp3) is 0.429. The minimum absolute atomic E-state index is 0.00925. The van der Waals surface area contributed by atoms with Crippen LogP contribution in [-0.4, -0.2) is 59.0 Å². The number of likely N-dealkylation sites (N-methyl/N-ethyl adjacent to an activating group) is 1. The Kier molecular flexibility index (Phi) is 5.37. The summed E-state index contributed by atoms with van der Waals surface area (Å²) in [5.74, 6) is -1.00. The molecule has 0 saturated heterocycles. The first-order chi connectivity index (χ1) is 9.36. The van der Waals surface area contributed by atoms with Gasteiger partial charge in [0, 0.05) is 20.6 Å². The molecular formula is C14H20N2O4. The smallest absolute Gasteiger partial charge is 0.258 e. The topological polar surface area (TPSA) is 81.1 Å². The predicted octanol–water partition coefficient (Wildman–Crippen LogP) is 1.04. The van der Waals surface area contributed by atoms with Crippen molar-refractivity contribution in [2.24, 2.45) is 0 Å². The zero-order chi connectivity index (χ0) is 15.3. The SMILES string of the molecule is CCCN(CC(=O)N(C)C)C(=O)c1cc(O)ccc1O. The molecule has 110 valence electrons. The first kappa shape index (κ1) is 15.8. The van der Waals surface area contributed by atoms with Gasteiger partial charge in [0.15, 0.2) is 0 Å². The van der Waals surface area contributed by atoms with Crippen LogP contribution >= 0.6 is 0 Å². The van der Waals surface area contributed by atoms with Crippen molar-refractivity contribution < 1.29 is 19.8 Å². The number of phenols is 2. The largest absolute Gasteiger partial charge is 0.508 e. The molecule has 0 radical (unpaired) electrons. The molecule has 0 bridgehead atoms. The van der Waals surface area contributed by atoms with Crippen molar-refractivity contribution in [1.82, 2.24) is 9.80 Å². The molecule has 6 heteroatoms. The zero-order valence-corrected chi connectivity index (χ0v) is 12.0. The molecule has 0 spiro atoms. The third-order valence-electron chi connectivity index (χ3n) is 2.82. The number of carbonyl (C=O) groups excluding carboxylic acids is 2. The highest BCUT2D eigenvalue weighted by atomic mass is 16.3. The molecule has 0 saturated carbocycles. The number of aromatic hydroxyl groups is 2. The second kappa shape index (κ2) is 6.79. The van der Waals surface area contributed by atoms with Gasteiger partial charge in [0.25, 0.3) is 5.91 Å². The highest BCUT2D eigenvalue weighted by Crippen LogP contribution is 2.23. The maximum atomic E-state index is 12.4. The molecule has 0 atom stereocenters. The number of amides is 2. The van der Waals surface area contributed by atoms with Gasteiger partial charge in [0.05, 0.1) is 5.56 Å². The molecule has 0 fully saturated rings. The Morgan fingerprint density at radius 3 is 2.40 bits per heavy atom. The Morgan fingerprint density at radius 1 is 1.20 bits per heavy atom. The number of hydrogen-bond acceptors (Lipinski definition) is 4. The van der Waals surface area contributed by atoms with Crippen LogP contribution in [0.25, 0.3) is 0 Å². The summed E-state index contributed by atoms with van der Waals surface area (Å²) in [7, 11) is 3.23. The zero-order valence-electron chi connectivity index (χ0n) is 12.0. The van der Waals surface area contributed by atoms with Gasteiger partial charge < -0.3 is 20.0 Å².